The van der Waals surface area contributed by atoms with Crippen molar-refractivity contribution >= 4 is 15.9 Å². The highest BCUT2D eigenvalue weighted by molar-refractivity contribution is 9.10. The van der Waals surface area contributed by atoms with Gasteiger partial charge in [0.15, 0.2) is 0 Å². The van der Waals surface area contributed by atoms with Crippen molar-refractivity contribution < 1.29 is 13.2 Å². The van der Waals surface area contributed by atoms with E-state index in [-0.39, 0.29) is 12.0 Å². The van der Waals surface area contributed by atoms with Crippen LogP contribution >= 0.6 is 15.9 Å². The van der Waals surface area contributed by atoms with E-state index in [0.29, 0.717) is 10.0 Å². The maximum absolute atomic E-state index is 12.8. The normalized spacial score (nSPS) is 15.3. The first kappa shape index (κ1) is 16.5. The van der Waals surface area contributed by atoms with Crippen LogP contribution in [0.4, 0.5) is 13.2 Å². The van der Waals surface area contributed by atoms with Gasteiger partial charge in [-0.05, 0) is 36.2 Å². The average molecular weight is 338 g/mol. The summed E-state index contributed by atoms with van der Waals surface area (Å²) in [6.07, 6.45) is -3.40. The van der Waals surface area contributed by atoms with Crippen LogP contribution in [0.15, 0.2) is 22.7 Å². The molecule has 1 aromatic carbocycles. The zero-order valence-electron chi connectivity index (χ0n) is 11.3. The molecule has 0 aromatic heterocycles. The average Bonchev–Trinajstić information content (AvgIpc) is 2.34. The molecule has 2 atom stereocenters. The molecule has 108 valence electrons. The van der Waals surface area contributed by atoms with Crippen molar-refractivity contribution in [2.75, 3.05) is 6.54 Å². The van der Waals surface area contributed by atoms with Crippen LogP contribution in [-0.2, 0) is 6.18 Å². The van der Waals surface area contributed by atoms with E-state index in [1.165, 1.54) is 12.1 Å². The van der Waals surface area contributed by atoms with Gasteiger partial charge < -0.3 is 5.32 Å². The first-order valence-corrected chi connectivity index (χ1v) is 7.20. The van der Waals surface area contributed by atoms with E-state index in [0.717, 1.165) is 19.0 Å². The Hall–Kier alpha value is -0.550. The van der Waals surface area contributed by atoms with Crippen molar-refractivity contribution in [3.63, 3.8) is 0 Å². The number of rotatable bonds is 5. The summed E-state index contributed by atoms with van der Waals surface area (Å²) in [5, 5.41) is 3.27. The molecule has 0 radical (unpaired) electrons. The van der Waals surface area contributed by atoms with Crippen molar-refractivity contribution in [3.8, 4) is 0 Å². The lowest BCUT2D eigenvalue weighted by molar-refractivity contribution is -0.137. The molecular formula is C14H19BrF3N. The summed E-state index contributed by atoms with van der Waals surface area (Å²) in [6.45, 7) is 6.76. The molecule has 5 heteroatoms. The predicted molar refractivity (Wildman–Crippen MR) is 75.0 cm³/mol. The van der Waals surface area contributed by atoms with Gasteiger partial charge in [0.25, 0.3) is 0 Å². The predicted octanol–water partition coefficient (Wildman–Crippen LogP) is 5.16. The maximum atomic E-state index is 12.8. The van der Waals surface area contributed by atoms with E-state index in [1.807, 2.05) is 20.8 Å². The van der Waals surface area contributed by atoms with Crippen LogP contribution in [0, 0.1) is 5.92 Å². The minimum atomic E-state index is -4.30. The summed E-state index contributed by atoms with van der Waals surface area (Å²) in [7, 11) is 0. The minimum Gasteiger partial charge on any atom is -0.310 e. The van der Waals surface area contributed by atoms with Gasteiger partial charge in [-0.25, -0.2) is 0 Å². The Morgan fingerprint density at radius 3 is 2.37 bits per heavy atom. The molecule has 0 heterocycles. The first-order chi connectivity index (χ1) is 8.81. The Labute approximate surface area is 120 Å². The molecule has 0 aliphatic heterocycles. The Morgan fingerprint density at radius 2 is 1.89 bits per heavy atom. The van der Waals surface area contributed by atoms with Gasteiger partial charge >= 0.3 is 6.18 Å². The minimum absolute atomic E-state index is 0.0772. The lowest BCUT2D eigenvalue weighted by Crippen LogP contribution is -2.27. The molecular weight excluding hydrogens is 319 g/mol. The fraction of sp³-hybridized carbons (Fsp3) is 0.571. The summed E-state index contributed by atoms with van der Waals surface area (Å²) in [5.74, 6) is 0.264. The molecule has 0 amide bonds. The Morgan fingerprint density at radius 1 is 1.26 bits per heavy atom. The van der Waals surface area contributed by atoms with Gasteiger partial charge in [-0.3, -0.25) is 0 Å². The van der Waals surface area contributed by atoms with Crippen LogP contribution in [0.25, 0.3) is 0 Å². The highest BCUT2D eigenvalue weighted by Crippen LogP contribution is 2.36. The second-order valence-corrected chi connectivity index (χ2v) is 5.51. The van der Waals surface area contributed by atoms with Crippen molar-refractivity contribution in [1.82, 2.24) is 5.32 Å². The molecule has 1 N–H and O–H groups in total. The lowest BCUT2D eigenvalue weighted by Gasteiger charge is -2.26. The van der Waals surface area contributed by atoms with Crippen molar-refractivity contribution in [2.45, 2.75) is 39.4 Å². The van der Waals surface area contributed by atoms with Crippen LogP contribution < -0.4 is 5.32 Å². The largest absolute Gasteiger partial charge is 0.416 e. The fourth-order valence-electron chi connectivity index (χ4n) is 2.03. The van der Waals surface area contributed by atoms with Crippen LogP contribution in [0.2, 0.25) is 0 Å². The monoisotopic (exact) mass is 337 g/mol. The van der Waals surface area contributed by atoms with E-state index in [4.69, 9.17) is 0 Å². The molecule has 2 unspecified atom stereocenters. The lowest BCUT2D eigenvalue weighted by atomic mass is 9.91. The van der Waals surface area contributed by atoms with Gasteiger partial charge in [0, 0.05) is 10.5 Å². The Bertz CT molecular complexity index is 418. The van der Waals surface area contributed by atoms with Crippen LogP contribution in [0.1, 0.15) is 44.4 Å². The molecule has 0 saturated heterocycles. The maximum Gasteiger partial charge on any atom is 0.416 e. The Kier molecular flexibility index (Phi) is 5.86. The smallest absolute Gasteiger partial charge is 0.310 e. The van der Waals surface area contributed by atoms with Gasteiger partial charge in [-0.15, -0.1) is 0 Å². The molecule has 0 bridgehead atoms. The first-order valence-electron chi connectivity index (χ1n) is 6.41. The molecule has 0 aliphatic carbocycles. The molecule has 1 aromatic rings. The van der Waals surface area contributed by atoms with E-state index < -0.39 is 11.7 Å². The second kappa shape index (κ2) is 6.75. The molecule has 1 nitrogen and oxygen atoms in total. The number of hydrogen-bond acceptors (Lipinski definition) is 1. The summed E-state index contributed by atoms with van der Waals surface area (Å²) in [6, 6.07) is 3.74. The fourth-order valence-corrected chi connectivity index (χ4v) is 2.52. The summed E-state index contributed by atoms with van der Waals surface area (Å²) in [4.78, 5) is 0. The number of nitrogens with one attached hydrogen (secondary N) is 1. The second-order valence-electron chi connectivity index (χ2n) is 4.65. The number of benzene rings is 1. The van der Waals surface area contributed by atoms with Gasteiger partial charge in [0.05, 0.1) is 5.56 Å². The van der Waals surface area contributed by atoms with E-state index in [9.17, 15) is 13.2 Å². The standard InChI is InChI=1S/C14H19BrF3N/c1-4-9(3)13(19-5-2)11-8-10(14(16,17)18)6-7-12(11)15/h6-9,13,19H,4-5H2,1-3H3. The van der Waals surface area contributed by atoms with Crippen LogP contribution in [-0.4, -0.2) is 6.54 Å². The zero-order valence-corrected chi connectivity index (χ0v) is 12.9. The zero-order chi connectivity index (χ0) is 14.6. The van der Waals surface area contributed by atoms with E-state index >= 15 is 0 Å². The third-order valence-electron chi connectivity index (χ3n) is 3.30. The topological polar surface area (TPSA) is 12.0 Å². The summed E-state index contributed by atoms with van der Waals surface area (Å²) < 4.78 is 39.1. The van der Waals surface area contributed by atoms with Gasteiger partial charge in [-0.1, -0.05) is 43.1 Å². The van der Waals surface area contributed by atoms with Crippen LogP contribution in [0.3, 0.4) is 0 Å². The van der Waals surface area contributed by atoms with E-state index in [2.05, 4.69) is 21.2 Å². The van der Waals surface area contributed by atoms with Crippen molar-refractivity contribution in [1.29, 1.82) is 0 Å². The SMILES string of the molecule is CCNC(c1cc(C(F)(F)F)ccc1Br)C(C)CC. The Balaban J connectivity index is 3.21. The molecule has 0 fully saturated rings. The van der Waals surface area contributed by atoms with Gasteiger partial charge in [0.2, 0.25) is 0 Å². The molecule has 0 aliphatic rings. The van der Waals surface area contributed by atoms with Gasteiger partial charge in [-0.2, -0.15) is 13.2 Å². The highest BCUT2D eigenvalue weighted by Gasteiger charge is 2.32. The number of alkyl halides is 3. The molecule has 1 rings (SSSR count). The molecule has 0 spiro atoms. The third kappa shape index (κ3) is 4.21. The van der Waals surface area contributed by atoms with Crippen molar-refractivity contribution in [3.05, 3.63) is 33.8 Å². The van der Waals surface area contributed by atoms with Gasteiger partial charge in [0.1, 0.15) is 0 Å². The number of hydrogen-bond donors (Lipinski definition) is 1. The quantitative estimate of drug-likeness (QED) is 0.781. The van der Waals surface area contributed by atoms with E-state index in [1.54, 1.807) is 0 Å². The molecule has 19 heavy (non-hydrogen) atoms. The summed E-state index contributed by atoms with van der Waals surface area (Å²) in [5.41, 5.74) is 0.0722. The third-order valence-corrected chi connectivity index (χ3v) is 4.02. The van der Waals surface area contributed by atoms with Crippen molar-refractivity contribution in [2.24, 2.45) is 5.92 Å². The molecule has 0 saturated carbocycles. The number of halogens is 4. The highest BCUT2D eigenvalue weighted by atomic mass is 79.9. The summed E-state index contributed by atoms with van der Waals surface area (Å²) >= 11 is 3.36. The van der Waals surface area contributed by atoms with Crippen LogP contribution in [0.5, 0.6) is 0 Å².